The molecule has 0 radical (unpaired) electrons. The maximum Gasteiger partial charge on any atom is 0.124 e. The number of nitrogens with zero attached hydrogens (tertiary/aromatic N) is 2. The van der Waals surface area contributed by atoms with E-state index in [1.165, 1.54) is 5.56 Å². The van der Waals surface area contributed by atoms with Crippen LogP contribution in [0.3, 0.4) is 0 Å². The molecule has 2 aromatic carbocycles. The number of phenolic OH excluding ortho intramolecular Hbond substituents is 1. The Morgan fingerprint density at radius 2 is 1.90 bits per heavy atom. The Hall–Kier alpha value is -1.84. The summed E-state index contributed by atoms with van der Waals surface area (Å²) in [7, 11) is 4.06. The van der Waals surface area contributed by atoms with E-state index in [0.717, 1.165) is 0 Å². The van der Waals surface area contributed by atoms with Gasteiger partial charge in [-0.15, -0.1) is 0 Å². The van der Waals surface area contributed by atoms with Crippen LogP contribution < -0.4 is 0 Å². The monoisotopic (exact) mass is 302 g/mol. The molecule has 4 heteroatoms. The van der Waals surface area contributed by atoms with Gasteiger partial charge in [0.05, 0.1) is 12.6 Å². The largest absolute Gasteiger partial charge is 0.507 e. The Morgan fingerprint density at radius 1 is 1.19 bits per heavy atom. The van der Waals surface area contributed by atoms with E-state index in [1.807, 2.05) is 32.3 Å². The molecule has 2 rings (SSSR count). The predicted molar refractivity (Wildman–Crippen MR) is 88.4 cm³/mol. The zero-order chi connectivity index (χ0) is 15.2. The first-order valence-corrected chi connectivity index (χ1v) is 7.15. The maximum absolute atomic E-state index is 9.77. The molecule has 0 aliphatic heterocycles. The van der Waals surface area contributed by atoms with Crippen LogP contribution in [-0.4, -0.2) is 36.9 Å². The third-order valence-corrected chi connectivity index (χ3v) is 3.54. The van der Waals surface area contributed by atoms with Gasteiger partial charge in [-0.1, -0.05) is 41.9 Å². The number of phenols is 1. The molecule has 0 saturated heterocycles. The van der Waals surface area contributed by atoms with Crippen molar-refractivity contribution in [3.05, 3.63) is 64.7 Å². The quantitative estimate of drug-likeness (QED) is 0.854. The lowest BCUT2D eigenvalue weighted by molar-refractivity contribution is 0.307. The summed E-state index contributed by atoms with van der Waals surface area (Å²) < 4.78 is 0. The lowest BCUT2D eigenvalue weighted by Crippen LogP contribution is -2.22. The van der Waals surface area contributed by atoms with Crippen LogP contribution in [0.1, 0.15) is 17.2 Å². The van der Waals surface area contributed by atoms with Gasteiger partial charge in [-0.2, -0.15) is 0 Å². The first kappa shape index (κ1) is 15.5. The maximum atomic E-state index is 9.77. The first-order chi connectivity index (χ1) is 10.1. The molecule has 3 nitrogen and oxygen atoms in total. The minimum Gasteiger partial charge on any atom is -0.507 e. The standard InChI is InChI=1S/C17H19ClN2O/c1-20(2)16(13-6-4-3-5-7-13)12-19-11-14-10-15(18)8-9-17(14)21/h3-11,16,21H,12H2,1-2H3/t16-/m0/s1. The Balaban J connectivity index is 2.12. The second-order valence-electron chi connectivity index (χ2n) is 5.09. The molecule has 0 unspecified atom stereocenters. The molecule has 21 heavy (non-hydrogen) atoms. The summed E-state index contributed by atoms with van der Waals surface area (Å²) in [4.78, 5) is 6.59. The number of hydrogen-bond donors (Lipinski definition) is 1. The van der Waals surface area contributed by atoms with Crippen molar-refractivity contribution >= 4 is 17.8 Å². The molecule has 0 bridgehead atoms. The lowest BCUT2D eigenvalue weighted by atomic mass is 10.1. The number of aromatic hydroxyl groups is 1. The second kappa shape index (κ2) is 7.25. The van der Waals surface area contributed by atoms with E-state index in [1.54, 1.807) is 24.4 Å². The van der Waals surface area contributed by atoms with Crippen LogP contribution in [0, 0.1) is 0 Å². The number of aliphatic imine (C=N–C) groups is 1. The molecule has 0 aromatic heterocycles. The van der Waals surface area contributed by atoms with E-state index in [2.05, 4.69) is 22.0 Å². The first-order valence-electron chi connectivity index (χ1n) is 6.77. The molecule has 0 aliphatic carbocycles. The highest BCUT2D eigenvalue weighted by Gasteiger charge is 2.12. The van der Waals surface area contributed by atoms with Crippen molar-refractivity contribution in [3.63, 3.8) is 0 Å². The van der Waals surface area contributed by atoms with Crippen molar-refractivity contribution in [2.45, 2.75) is 6.04 Å². The van der Waals surface area contributed by atoms with Crippen molar-refractivity contribution in [2.24, 2.45) is 4.99 Å². The highest BCUT2D eigenvalue weighted by Crippen LogP contribution is 2.21. The molecular weight excluding hydrogens is 284 g/mol. The molecule has 0 amide bonds. The summed E-state index contributed by atoms with van der Waals surface area (Å²) in [5.74, 6) is 0.185. The Morgan fingerprint density at radius 3 is 2.57 bits per heavy atom. The van der Waals surface area contributed by atoms with E-state index in [9.17, 15) is 5.11 Å². The average Bonchev–Trinajstić information content (AvgIpc) is 2.47. The summed E-state index contributed by atoms with van der Waals surface area (Å²) in [6, 6.07) is 15.4. The van der Waals surface area contributed by atoms with Gasteiger partial charge in [0.25, 0.3) is 0 Å². The molecule has 2 aromatic rings. The third kappa shape index (κ3) is 4.31. The van der Waals surface area contributed by atoms with Gasteiger partial charge < -0.3 is 10.0 Å². The van der Waals surface area contributed by atoms with Crippen LogP contribution in [0.5, 0.6) is 5.75 Å². The van der Waals surface area contributed by atoms with E-state index in [-0.39, 0.29) is 11.8 Å². The van der Waals surface area contributed by atoms with Crippen LogP contribution in [0.4, 0.5) is 0 Å². The Kier molecular flexibility index (Phi) is 5.37. The molecule has 0 aliphatic rings. The second-order valence-corrected chi connectivity index (χ2v) is 5.52. The van der Waals surface area contributed by atoms with E-state index >= 15 is 0 Å². The van der Waals surface area contributed by atoms with Crippen molar-refractivity contribution < 1.29 is 5.11 Å². The van der Waals surface area contributed by atoms with Crippen LogP contribution in [0.25, 0.3) is 0 Å². The van der Waals surface area contributed by atoms with Crippen molar-refractivity contribution in [1.29, 1.82) is 0 Å². The molecule has 110 valence electrons. The fraction of sp³-hybridized carbons (Fsp3) is 0.235. The Bertz CT molecular complexity index is 611. The zero-order valence-corrected chi connectivity index (χ0v) is 13.0. The van der Waals surface area contributed by atoms with Crippen LogP contribution >= 0.6 is 11.6 Å². The summed E-state index contributed by atoms with van der Waals surface area (Å²) in [6.45, 7) is 0.614. The van der Waals surface area contributed by atoms with Gasteiger partial charge in [-0.05, 0) is 37.9 Å². The molecule has 0 saturated carbocycles. The SMILES string of the molecule is CN(C)[C@@H](CN=Cc1cc(Cl)ccc1O)c1ccccc1. The molecule has 0 heterocycles. The molecule has 0 spiro atoms. The van der Waals surface area contributed by atoms with Gasteiger partial charge >= 0.3 is 0 Å². The van der Waals surface area contributed by atoms with E-state index < -0.39 is 0 Å². The predicted octanol–water partition coefficient (Wildman–Crippen LogP) is 3.77. The normalized spacial score (nSPS) is 13.0. The minimum atomic E-state index is 0.185. The van der Waals surface area contributed by atoms with Gasteiger partial charge in [-0.3, -0.25) is 4.99 Å². The van der Waals surface area contributed by atoms with Gasteiger partial charge in [0.15, 0.2) is 0 Å². The molecule has 0 fully saturated rings. The fourth-order valence-electron chi connectivity index (χ4n) is 2.12. The number of halogens is 1. The van der Waals surface area contributed by atoms with Gasteiger partial charge in [0, 0.05) is 16.8 Å². The summed E-state index contributed by atoms with van der Waals surface area (Å²) >= 11 is 5.92. The van der Waals surface area contributed by atoms with Crippen molar-refractivity contribution in [2.75, 3.05) is 20.6 Å². The fourth-order valence-corrected chi connectivity index (χ4v) is 2.30. The molecular formula is C17H19ClN2O. The summed E-state index contributed by atoms with van der Waals surface area (Å²) in [5, 5.41) is 10.4. The van der Waals surface area contributed by atoms with E-state index in [4.69, 9.17) is 11.6 Å². The highest BCUT2D eigenvalue weighted by atomic mass is 35.5. The number of likely N-dealkylation sites (N-methyl/N-ethyl adjacent to an activating group) is 1. The summed E-state index contributed by atoms with van der Waals surface area (Å²) in [5.41, 5.74) is 1.85. The molecule has 1 atom stereocenters. The lowest BCUT2D eigenvalue weighted by Gasteiger charge is -2.22. The topological polar surface area (TPSA) is 35.8 Å². The van der Waals surface area contributed by atoms with Crippen LogP contribution in [-0.2, 0) is 0 Å². The zero-order valence-electron chi connectivity index (χ0n) is 12.2. The minimum absolute atomic E-state index is 0.185. The summed E-state index contributed by atoms with van der Waals surface area (Å²) in [6.07, 6.45) is 1.67. The van der Waals surface area contributed by atoms with Crippen molar-refractivity contribution in [1.82, 2.24) is 4.90 Å². The van der Waals surface area contributed by atoms with Crippen LogP contribution in [0.15, 0.2) is 53.5 Å². The van der Waals surface area contributed by atoms with Gasteiger partial charge in [0.1, 0.15) is 5.75 Å². The average molecular weight is 303 g/mol. The number of hydrogen-bond acceptors (Lipinski definition) is 3. The third-order valence-electron chi connectivity index (χ3n) is 3.31. The van der Waals surface area contributed by atoms with Crippen LogP contribution in [0.2, 0.25) is 5.02 Å². The van der Waals surface area contributed by atoms with Crippen molar-refractivity contribution in [3.8, 4) is 5.75 Å². The van der Waals surface area contributed by atoms with E-state index in [0.29, 0.717) is 17.1 Å². The number of rotatable bonds is 5. The Labute approximate surface area is 130 Å². The smallest absolute Gasteiger partial charge is 0.124 e. The van der Waals surface area contributed by atoms with Gasteiger partial charge in [-0.25, -0.2) is 0 Å². The highest BCUT2D eigenvalue weighted by molar-refractivity contribution is 6.30. The number of benzene rings is 2. The molecule has 1 N–H and O–H groups in total. The van der Waals surface area contributed by atoms with Gasteiger partial charge in [0.2, 0.25) is 0 Å².